The largest absolute Gasteiger partial charge is 0.456 e. The Balaban J connectivity index is 0.000000106. The van der Waals surface area contributed by atoms with Crippen molar-refractivity contribution in [2.75, 3.05) is 0 Å². The van der Waals surface area contributed by atoms with E-state index in [0.717, 1.165) is 215 Å². The molecule has 0 saturated carbocycles. The molecule has 9 heterocycles. The lowest BCUT2D eigenvalue weighted by molar-refractivity contribution is 0.661. The van der Waals surface area contributed by atoms with Gasteiger partial charge in [-0.1, -0.05) is 347 Å². The van der Waals surface area contributed by atoms with Gasteiger partial charge in [0, 0.05) is 120 Å². The molecule has 30 rings (SSSR count). The fraction of sp³-hybridized carbons (Fsp3) is 0.0231. The van der Waals surface area contributed by atoms with Crippen LogP contribution in [-0.2, 0) is 5.41 Å². The quantitative estimate of drug-likeness (QED) is 0.112. The van der Waals surface area contributed by atoms with Crippen molar-refractivity contribution < 1.29 is 26.5 Å². The van der Waals surface area contributed by atoms with Crippen LogP contribution >= 0.6 is 0 Å². The Hall–Kier alpha value is -19.5. The number of aromatic nitrogens is 9. The van der Waals surface area contributed by atoms with Crippen LogP contribution < -0.4 is 0 Å². The van der Waals surface area contributed by atoms with Crippen LogP contribution in [0.1, 0.15) is 25.0 Å². The van der Waals surface area contributed by atoms with Crippen molar-refractivity contribution in [2.24, 2.45) is 0 Å². The first-order chi connectivity index (χ1) is 71.6. The van der Waals surface area contributed by atoms with Crippen LogP contribution in [0.4, 0.5) is 0 Å². The van der Waals surface area contributed by atoms with Gasteiger partial charge in [-0.15, -0.1) is 0 Å². The Morgan fingerprint density at radius 2 is 0.372 bits per heavy atom. The predicted octanol–water partition coefficient (Wildman–Crippen LogP) is 34.5. The van der Waals surface area contributed by atoms with E-state index in [9.17, 15) is 0 Å². The van der Waals surface area contributed by atoms with Crippen molar-refractivity contribution >= 4 is 142 Å². The van der Waals surface area contributed by atoms with E-state index in [1.807, 2.05) is 212 Å². The third-order valence-electron chi connectivity index (χ3n) is 28.2. The third kappa shape index (κ3) is 14.4. The normalized spacial score (nSPS) is 12.3. The van der Waals surface area contributed by atoms with Crippen molar-refractivity contribution in [3.8, 4) is 147 Å². The molecule has 29 aromatic rings. The molecule has 0 bridgehead atoms. The lowest BCUT2D eigenvalue weighted by Gasteiger charge is -2.22. The van der Waals surface area contributed by atoms with Crippen molar-refractivity contribution in [1.82, 2.24) is 44.9 Å². The van der Waals surface area contributed by atoms with Crippen LogP contribution in [0.3, 0.4) is 0 Å². The smallest absolute Gasteiger partial charge is 0.164 e. The van der Waals surface area contributed by atoms with Crippen molar-refractivity contribution in [2.45, 2.75) is 19.3 Å². The highest BCUT2D eigenvalue weighted by Crippen LogP contribution is 2.53. The van der Waals surface area contributed by atoms with E-state index in [-0.39, 0.29) is 5.41 Å². The Morgan fingerprint density at radius 3 is 0.697 bits per heavy atom. The molecule has 0 radical (unpaired) electrons. The van der Waals surface area contributed by atoms with Gasteiger partial charge >= 0.3 is 0 Å². The van der Waals surface area contributed by atoms with Gasteiger partial charge in [0.2, 0.25) is 0 Å². The van der Waals surface area contributed by atoms with Crippen LogP contribution in [0.25, 0.3) is 289 Å². The minimum atomic E-state index is -0.202. The molecule has 1 aliphatic rings. The van der Waals surface area contributed by atoms with Gasteiger partial charge in [-0.25, -0.2) is 44.9 Å². The molecule has 0 atom stereocenters. The average molecular weight is 1860 g/mol. The van der Waals surface area contributed by atoms with Gasteiger partial charge in [-0.3, -0.25) is 0 Å². The first kappa shape index (κ1) is 83.6. The number of nitrogens with zero attached hydrogens (tertiary/aromatic N) is 9. The summed E-state index contributed by atoms with van der Waals surface area (Å²) in [5.74, 6) is 5.27. The second-order valence-corrected chi connectivity index (χ2v) is 37.2. The third-order valence-corrected chi connectivity index (χ3v) is 28.2. The van der Waals surface area contributed by atoms with Crippen LogP contribution in [0.15, 0.2) is 469 Å². The molecule has 1 aliphatic carbocycles. The zero-order valence-corrected chi connectivity index (χ0v) is 78.1. The summed E-state index contributed by atoms with van der Waals surface area (Å²) < 4.78 is 37.6. The number of hydrogen-bond acceptors (Lipinski definition) is 15. The Kier molecular flexibility index (Phi) is 19.6. The number of benzene rings is 20. The number of hydrogen-bond donors (Lipinski definition) is 0. The number of fused-ring (bicyclic) bond motifs is 22. The van der Waals surface area contributed by atoms with Crippen LogP contribution in [0.5, 0.6) is 0 Å². The minimum Gasteiger partial charge on any atom is -0.456 e. The first-order valence-electron chi connectivity index (χ1n) is 48.4. The molecule has 680 valence electrons. The van der Waals surface area contributed by atoms with Crippen LogP contribution in [0.2, 0.25) is 0 Å². The van der Waals surface area contributed by atoms with E-state index in [1.54, 1.807) is 0 Å². The minimum absolute atomic E-state index is 0.202. The highest BCUT2D eigenvalue weighted by atomic mass is 16.3. The summed E-state index contributed by atoms with van der Waals surface area (Å²) in [5.41, 5.74) is 29.4. The molecule has 0 saturated heterocycles. The standard InChI is InChI=1S/C46H29N3O2.C45H27N3O2.C39H23N3O2/c1-46(2)35-25-28(21-22-29(35)34-23-26-11-3-4-12-27(26)24-36(34)46)43-47-44(32-15-9-19-39-41(32)30-13-5-7-17-37(30)50-39)49-45(48-43)33-16-10-20-40-42(33)31-14-6-8-18-38(31)51-40;1-3-13-28(14-4-1)30-25-31(29-15-5-2-6-16-29)27-32(26-30)43-46-44(35-19-11-23-39-41(35)33-17-7-9-21-37(33)49-39)48-45(47-43)36-20-12-24-40-42(36)34-18-8-10-22-38(34)50-40;1-2-10-24(11-3-1)25-20-22-26(23-21-25)37-40-38(29-14-8-18-33-35(29)27-12-4-6-16-31(27)43-33)42-39(41-37)30-15-9-19-34-36(30)28-13-5-7-17-32(28)44-34/h3-25H,1-2H3;1-27H;1-23H. The Labute approximate surface area is 828 Å². The van der Waals surface area contributed by atoms with Gasteiger partial charge in [-0.05, 0) is 176 Å². The van der Waals surface area contributed by atoms with Gasteiger partial charge in [-0.2, -0.15) is 0 Å². The number of furan rings is 6. The summed E-state index contributed by atoms with van der Waals surface area (Å²) in [6, 6.07) is 151. The van der Waals surface area contributed by atoms with Crippen molar-refractivity contribution in [3.05, 3.63) is 454 Å². The SMILES string of the molecule is CC1(C)c2cc(-c3nc(-c4cccc5oc6ccccc6c45)nc(-c4cccc5oc6ccccc6c45)n3)ccc2-c2cc3ccccc3cc21.c1ccc(-c2cc(-c3ccccc3)cc(-c3nc(-c4cccc5oc6ccccc6c45)nc(-c4cccc5oc6ccccc6c45)n3)c2)cc1.c1ccc(-c2ccc(-c3nc(-c4cccc5oc6ccccc6c45)nc(-c4cccc5oc6ccccc6c45)n3)cc2)cc1. The maximum atomic E-state index is 6.29. The fourth-order valence-electron chi connectivity index (χ4n) is 21.4. The van der Waals surface area contributed by atoms with Gasteiger partial charge in [0.1, 0.15) is 67.0 Å². The molecule has 15 heteroatoms. The molecular weight excluding hydrogens is 1780 g/mol. The first-order valence-corrected chi connectivity index (χ1v) is 48.4. The van der Waals surface area contributed by atoms with Crippen LogP contribution in [-0.4, -0.2) is 44.9 Å². The van der Waals surface area contributed by atoms with Gasteiger partial charge in [0.15, 0.2) is 52.4 Å². The summed E-state index contributed by atoms with van der Waals surface area (Å²) in [6.45, 7) is 4.63. The molecule has 0 N–H and O–H groups in total. The maximum Gasteiger partial charge on any atom is 0.164 e. The summed E-state index contributed by atoms with van der Waals surface area (Å²) in [7, 11) is 0. The van der Waals surface area contributed by atoms with E-state index in [2.05, 4.69) is 244 Å². The summed E-state index contributed by atoms with van der Waals surface area (Å²) >= 11 is 0. The van der Waals surface area contributed by atoms with Gasteiger partial charge in [0.25, 0.3) is 0 Å². The van der Waals surface area contributed by atoms with E-state index in [1.165, 1.54) is 33.0 Å². The fourth-order valence-corrected chi connectivity index (χ4v) is 21.4. The summed E-state index contributed by atoms with van der Waals surface area (Å²) in [5, 5.41) is 14.5. The number of para-hydroxylation sites is 6. The average Bonchev–Trinajstić information content (AvgIpc) is 1.56. The maximum absolute atomic E-state index is 6.29. The van der Waals surface area contributed by atoms with Crippen LogP contribution in [0, 0.1) is 0 Å². The molecule has 15 nitrogen and oxygen atoms in total. The topological polar surface area (TPSA) is 195 Å². The molecule has 0 unspecified atom stereocenters. The van der Waals surface area contributed by atoms with E-state index < -0.39 is 0 Å². The Morgan fingerprint density at radius 1 is 0.145 bits per heavy atom. The number of rotatable bonds is 12. The molecule has 0 aliphatic heterocycles. The van der Waals surface area contributed by atoms with E-state index in [0.29, 0.717) is 52.4 Å². The van der Waals surface area contributed by atoms with Crippen molar-refractivity contribution in [1.29, 1.82) is 0 Å². The molecule has 0 spiro atoms. The van der Waals surface area contributed by atoms with Gasteiger partial charge < -0.3 is 26.5 Å². The highest BCUT2D eigenvalue weighted by Gasteiger charge is 2.37. The molecular formula is C130H79N9O6. The van der Waals surface area contributed by atoms with Gasteiger partial charge in [0.05, 0.1) is 0 Å². The highest BCUT2D eigenvalue weighted by molar-refractivity contribution is 6.18. The van der Waals surface area contributed by atoms with E-state index >= 15 is 0 Å². The molecule has 145 heavy (non-hydrogen) atoms. The molecule has 0 amide bonds. The van der Waals surface area contributed by atoms with E-state index in [4.69, 9.17) is 71.4 Å². The second kappa shape index (κ2) is 33.9. The summed E-state index contributed by atoms with van der Waals surface area (Å²) in [4.78, 5) is 46.7. The zero-order valence-electron chi connectivity index (χ0n) is 78.1. The predicted molar refractivity (Wildman–Crippen MR) is 583 cm³/mol. The second-order valence-electron chi connectivity index (χ2n) is 37.2. The molecule has 9 aromatic heterocycles. The molecule has 20 aromatic carbocycles. The Bertz CT molecular complexity index is 9840. The lowest BCUT2D eigenvalue weighted by Crippen LogP contribution is -2.15. The summed E-state index contributed by atoms with van der Waals surface area (Å²) in [6.07, 6.45) is 0. The zero-order chi connectivity index (χ0) is 95.9. The van der Waals surface area contributed by atoms with Crippen molar-refractivity contribution in [3.63, 3.8) is 0 Å². The lowest BCUT2D eigenvalue weighted by atomic mass is 9.81. The monoisotopic (exact) mass is 1860 g/mol. The molecule has 0 fully saturated rings.